The topological polar surface area (TPSA) is 64.7 Å². The Morgan fingerprint density at radius 2 is 1.20 bits per heavy atom. The van der Waals surface area contributed by atoms with Gasteiger partial charge in [0.2, 0.25) is 0 Å². The molecular formula is CH2BCuFeMnMoN2OZn. The summed E-state index contributed by atoms with van der Waals surface area (Å²) in [6.45, 7) is 0. The number of nitrogens with one attached hydrogen (secondary N) is 2. The van der Waals surface area contributed by atoms with E-state index in [4.69, 9.17) is 16.3 Å². The van der Waals surface area contributed by atoms with Gasteiger partial charge in [-0.2, -0.15) is 0 Å². The van der Waals surface area contributed by atoms with Gasteiger partial charge in [-0.15, -0.1) is 0 Å². The fourth-order valence-corrected chi connectivity index (χ4v) is 0. The number of amides is 2. The van der Waals surface area contributed by atoms with Crippen LogP contribution in [-0.4, -0.2) is 14.4 Å². The molecular weight excluding hydrogens is 402 g/mol. The Labute approximate surface area is 121 Å². The van der Waals surface area contributed by atoms with E-state index in [0.29, 0.717) is 0 Å². The third-order valence-corrected chi connectivity index (χ3v) is 0. The molecule has 59 valence electrons. The third kappa shape index (κ3) is 178. The molecule has 3 nitrogen and oxygen atoms in total. The maximum absolute atomic E-state index is 8.78. The van der Waals surface area contributed by atoms with Gasteiger partial charge in [-0.25, -0.2) is 0 Å². The Morgan fingerprint density at radius 1 is 1.20 bits per heavy atom. The van der Waals surface area contributed by atoms with Gasteiger partial charge in [0.1, 0.15) is 0 Å². The van der Waals surface area contributed by atoms with Crippen LogP contribution < -0.4 is 0 Å². The molecule has 0 saturated heterocycles. The summed E-state index contributed by atoms with van der Waals surface area (Å²) < 4.78 is 0. The molecule has 0 aliphatic carbocycles. The minimum atomic E-state index is -1.33. The number of urea groups is 1. The predicted octanol–water partition coefficient (Wildman–Crippen LogP) is 0.817. The number of carbonyl (C=O) groups excluding carboxylic acids is 1. The zero-order chi connectivity index (χ0) is 3.58. The second-order valence-electron chi connectivity index (χ2n) is 0.329. The van der Waals surface area contributed by atoms with Crippen molar-refractivity contribution in [1.82, 2.24) is 0 Å². The van der Waals surface area contributed by atoms with Crippen LogP contribution >= 0.6 is 0 Å². The maximum atomic E-state index is 8.78. The Bertz CT molecular complexity index is 54.2. The van der Waals surface area contributed by atoms with E-state index >= 15 is 0 Å². The number of rotatable bonds is 0. The summed E-state index contributed by atoms with van der Waals surface area (Å²) in [5.41, 5.74) is 11.2. The van der Waals surface area contributed by atoms with Gasteiger partial charge in [-0.1, -0.05) is 0 Å². The van der Waals surface area contributed by atoms with Crippen LogP contribution in [0.25, 0.3) is 11.5 Å². The SMILES string of the molecule is [B].[Cu].[Fe+2].[Mn].[Mo].[NH-]C([NH-])=O.[Zn]. The molecule has 10 heavy (non-hydrogen) atoms. The van der Waals surface area contributed by atoms with Crippen molar-refractivity contribution in [2.75, 3.05) is 0 Å². The Hall–Kier alpha value is 2.21. The number of hydrogen-bond acceptors (Lipinski definition) is 1. The predicted molar refractivity (Wildman–Crippen MR) is 19.8 cm³/mol. The summed E-state index contributed by atoms with van der Waals surface area (Å²) in [5, 5.41) is 0. The molecule has 0 rings (SSSR count). The van der Waals surface area contributed by atoms with Gasteiger partial charge in [-0.3, -0.25) is 0 Å². The summed E-state index contributed by atoms with van der Waals surface area (Å²) in [6, 6.07) is -1.33. The van der Waals surface area contributed by atoms with Crippen LogP contribution in [0.4, 0.5) is 4.79 Å². The molecule has 2 N–H and O–H groups in total. The van der Waals surface area contributed by atoms with Gasteiger partial charge >= 0.3 is 17.1 Å². The van der Waals surface area contributed by atoms with Crippen LogP contribution in [0.2, 0.25) is 0 Å². The first kappa shape index (κ1) is 56.6. The third-order valence-electron chi connectivity index (χ3n) is 0. The molecule has 0 heterocycles. The van der Waals surface area contributed by atoms with E-state index < -0.39 is 6.03 Å². The maximum Gasteiger partial charge on any atom is 2.00 e. The summed E-state index contributed by atoms with van der Waals surface area (Å²) >= 11 is 0. The van der Waals surface area contributed by atoms with Gasteiger partial charge in [-0.05, 0) is 6.03 Å². The van der Waals surface area contributed by atoms with Gasteiger partial charge in [0.05, 0.1) is 0 Å². The molecule has 0 unspecified atom stereocenters. The van der Waals surface area contributed by atoms with E-state index in [1.54, 1.807) is 0 Å². The van der Waals surface area contributed by atoms with Crippen molar-refractivity contribution in [1.29, 1.82) is 0 Å². The van der Waals surface area contributed by atoms with Crippen LogP contribution in [0.1, 0.15) is 0 Å². The molecule has 0 bridgehead atoms. The van der Waals surface area contributed by atoms with Crippen molar-refractivity contribution in [2.45, 2.75) is 0 Å². The largest absolute Gasteiger partial charge is 2.00 e. The molecule has 0 aliphatic heterocycles. The summed E-state index contributed by atoms with van der Waals surface area (Å²) in [7, 11) is 0. The number of carbonyl (C=O) groups is 1. The fourth-order valence-electron chi connectivity index (χ4n) is 0. The first-order valence-electron chi connectivity index (χ1n) is 0.704. The first-order chi connectivity index (χ1) is 1.73. The molecule has 0 fully saturated rings. The molecule has 0 aromatic rings. The van der Waals surface area contributed by atoms with E-state index in [1.807, 2.05) is 0 Å². The van der Waals surface area contributed by atoms with E-state index in [9.17, 15) is 0 Å². The second kappa shape index (κ2) is 43.1. The van der Waals surface area contributed by atoms with Crippen molar-refractivity contribution in [3.8, 4) is 0 Å². The van der Waals surface area contributed by atoms with Crippen molar-refractivity contribution in [3.05, 3.63) is 11.5 Å². The smallest absolute Gasteiger partial charge is 0.684 e. The van der Waals surface area contributed by atoms with Gasteiger partial charge < -0.3 is 16.3 Å². The van der Waals surface area contributed by atoms with E-state index in [1.165, 1.54) is 0 Å². The van der Waals surface area contributed by atoms with Gasteiger partial charge in [0.15, 0.2) is 0 Å². The summed E-state index contributed by atoms with van der Waals surface area (Å²) in [5.74, 6) is 0. The molecule has 0 aromatic heterocycles. The Balaban J connectivity index is -0.00000000300. The minimum absolute atomic E-state index is 0. The Morgan fingerprint density at radius 3 is 1.20 bits per heavy atom. The average molecular weight is 405 g/mol. The molecule has 0 saturated carbocycles. The van der Waals surface area contributed by atoms with Crippen molar-refractivity contribution in [2.24, 2.45) is 0 Å². The zero-order valence-corrected chi connectivity index (χ0v) is 12.8. The van der Waals surface area contributed by atoms with Crippen LogP contribution in [0.15, 0.2) is 0 Å². The van der Waals surface area contributed by atoms with Gasteiger partial charge in [0.25, 0.3) is 0 Å². The van der Waals surface area contributed by atoms with E-state index in [-0.39, 0.29) is 100 Å². The Kier molecular flexibility index (Phi) is 244. The van der Waals surface area contributed by atoms with Crippen LogP contribution in [-0.2, 0) is 91.7 Å². The second-order valence-corrected chi connectivity index (χ2v) is 0.329. The van der Waals surface area contributed by atoms with Crippen molar-refractivity contribution >= 4 is 14.4 Å². The quantitative estimate of drug-likeness (QED) is 0.551. The monoisotopic (exact) mass is 405 g/mol. The molecule has 2 amide bonds. The summed E-state index contributed by atoms with van der Waals surface area (Å²) in [4.78, 5) is 8.78. The van der Waals surface area contributed by atoms with E-state index in [2.05, 4.69) is 0 Å². The standard InChI is InChI=1S/CH3N2O.B.Cu.Fe.Mn.Mo.Zn/c2-1(3)4;;;;;;/h(H3-,2,3,4);;;;;;/q-1;;;+2;;;/p-1. The molecule has 0 atom stereocenters. The van der Waals surface area contributed by atoms with Crippen LogP contribution in [0.5, 0.6) is 0 Å². The van der Waals surface area contributed by atoms with Crippen LogP contribution in [0, 0.1) is 0 Å². The number of hydrogen-bond donors (Lipinski definition) is 0. The minimum Gasteiger partial charge on any atom is -0.684 e. The average Bonchev–Trinajstić information content (AvgIpc) is 0.811. The molecule has 0 spiro atoms. The van der Waals surface area contributed by atoms with Gasteiger partial charge in [0, 0.05) is 83.1 Å². The van der Waals surface area contributed by atoms with Crippen LogP contribution in [0.3, 0.4) is 0 Å². The molecule has 9 heteroatoms. The van der Waals surface area contributed by atoms with Crippen molar-refractivity contribution in [3.63, 3.8) is 0 Å². The van der Waals surface area contributed by atoms with E-state index in [0.717, 1.165) is 0 Å². The normalized spacial score (nSPS) is 2.40. The first-order valence-corrected chi connectivity index (χ1v) is 0.704. The fraction of sp³-hybridized carbons (Fsp3) is 0. The molecule has 5 radical (unpaired) electrons. The summed E-state index contributed by atoms with van der Waals surface area (Å²) in [6.07, 6.45) is 0. The molecule has 0 aliphatic rings. The zero-order valence-electron chi connectivity index (χ0n) is 4.63. The van der Waals surface area contributed by atoms with Crippen molar-refractivity contribution < 1.29 is 96.5 Å². The molecule has 0 aromatic carbocycles.